The first kappa shape index (κ1) is 18.3. The molecule has 6 heteroatoms. The third-order valence-electron chi connectivity index (χ3n) is 5.11. The molecule has 1 aromatic carbocycles. The molecule has 140 valence electrons. The Hall–Kier alpha value is -2.50. The van der Waals surface area contributed by atoms with Crippen molar-refractivity contribution < 1.29 is 14.6 Å². The highest BCUT2D eigenvalue weighted by molar-refractivity contribution is 5.82. The van der Waals surface area contributed by atoms with E-state index in [0.29, 0.717) is 36.8 Å². The van der Waals surface area contributed by atoms with Gasteiger partial charge in [-0.1, -0.05) is 19.3 Å². The molecule has 0 atom stereocenters. The molecule has 1 aromatic heterocycles. The number of H-pyrrole nitrogens is 1. The highest BCUT2D eigenvalue weighted by Gasteiger charge is 2.21. The quantitative estimate of drug-likeness (QED) is 0.777. The van der Waals surface area contributed by atoms with E-state index in [4.69, 9.17) is 4.74 Å². The number of nitrogens with one attached hydrogen (secondary N) is 1. The number of nitrogens with zero attached hydrogens (tertiary/aromatic N) is 1. The molecule has 2 N–H and O–H groups in total. The van der Waals surface area contributed by atoms with Crippen LogP contribution in [0.1, 0.15) is 44.9 Å². The number of aromatic hydroxyl groups is 1. The third-order valence-corrected chi connectivity index (χ3v) is 5.11. The Bertz CT molecular complexity index is 824. The number of rotatable bonds is 6. The van der Waals surface area contributed by atoms with Gasteiger partial charge in [0, 0.05) is 37.0 Å². The Morgan fingerprint density at radius 1 is 1.27 bits per heavy atom. The zero-order valence-corrected chi connectivity index (χ0v) is 15.2. The van der Waals surface area contributed by atoms with E-state index < -0.39 is 0 Å². The number of phenols is 1. The lowest BCUT2D eigenvalue weighted by Crippen LogP contribution is -2.38. The molecule has 1 heterocycles. The van der Waals surface area contributed by atoms with Crippen LogP contribution in [0.4, 0.5) is 0 Å². The summed E-state index contributed by atoms with van der Waals surface area (Å²) in [6.07, 6.45) is 6.93. The molecule has 3 rings (SSSR count). The predicted molar refractivity (Wildman–Crippen MR) is 101 cm³/mol. The lowest BCUT2D eigenvalue weighted by molar-refractivity contribution is -0.132. The number of pyridine rings is 1. The fraction of sp³-hybridized carbons (Fsp3) is 0.500. The van der Waals surface area contributed by atoms with Crippen LogP contribution in [0, 0.1) is 0 Å². The topological polar surface area (TPSA) is 82.6 Å². The summed E-state index contributed by atoms with van der Waals surface area (Å²) >= 11 is 0. The number of aromatic nitrogens is 1. The molecule has 1 amide bonds. The summed E-state index contributed by atoms with van der Waals surface area (Å²) in [5.41, 5.74) is 0.345. The van der Waals surface area contributed by atoms with Crippen molar-refractivity contribution in [3.63, 3.8) is 0 Å². The maximum atomic E-state index is 12.3. The van der Waals surface area contributed by atoms with Gasteiger partial charge < -0.3 is 19.7 Å². The minimum Gasteiger partial charge on any atom is -0.504 e. The fourth-order valence-electron chi connectivity index (χ4n) is 3.54. The SMILES string of the molecule is CN(C(=O)CCCOc1cc2ccc(=O)[nH]c2cc1O)C1CCCCC1. The number of ether oxygens (including phenoxy) is 1. The van der Waals surface area contributed by atoms with E-state index in [1.165, 1.54) is 31.4 Å². The summed E-state index contributed by atoms with van der Waals surface area (Å²) < 4.78 is 5.64. The van der Waals surface area contributed by atoms with Crippen LogP contribution >= 0.6 is 0 Å². The van der Waals surface area contributed by atoms with Gasteiger partial charge in [0.15, 0.2) is 11.5 Å². The average Bonchev–Trinajstić information content (AvgIpc) is 2.65. The number of carbonyl (C=O) groups excluding carboxylic acids is 1. The zero-order valence-electron chi connectivity index (χ0n) is 15.2. The minimum absolute atomic E-state index is 0.0231. The smallest absolute Gasteiger partial charge is 0.248 e. The lowest BCUT2D eigenvalue weighted by atomic mass is 9.94. The summed E-state index contributed by atoms with van der Waals surface area (Å²) in [5.74, 6) is 0.489. The van der Waals surface area contributed by atoms with Gasteiger partial charge >= 0.3 is 0 Å². The molecule has 26 heavy (non-hydrogen) atoms. The molecule has 0 saturated heterocycles. The van der Waals surface area contributed by atoms with Gasteiger partial charge in [-0.05, 0) is 31.4 Å². The lowest BCUT2D eigenvalue weighted by Gasteiger charge is -2.31. The molecule has 2 aromatic rings. The first-order chi connectivity index (χ1) is 12.5. The summed E-state index contributed by atoms with van der Waals surface area (Å²) in [6, 6.07) is 6.67. The molecule has 0 bridgehead atoms. The molecule has 1 saturated carbocycles. The molecule has 0 aliphatic heterocycles. The number of benzene rings is 1. The van der Waals surface area contributed by atoms with Crippen LogP contribution in [0.25, 0.3) is 10.9 Å². The van der Waals surface area contributed by atoms with E-state index in [9.17, 15) is 14.7 Å². The molecule has 6 nitrogen and oxygen atoms in total. The standard InChI is InChI=1S/C20H26N2O4/c1-22(15-6-3-2-4-7-15)20(25)8-5-11-26-18-12-14-9-10-19(24)21-16(14)13-17(18)23/h9-10,12-13,15,23H,2-8,11H2,1H3,(H,21,24). The maximum absolute atomic E-state index is 12.3. The van der Waals surface area contributed by atoms with Crippen LogP contribution in [-0.4, -0.2) is 40.6 Å². The monoisotopic (exact) mass is 358 g/mol. The van der Waals surface area contributed by atoms with Crippen molar-refractivity contribution in [1.29, 1.82) is 0 Å². The van der Waals surface area contributed by atoms with E-state index in [1.54, 1.807) is 12.1 Å². The fourth-order valence-corrected chi connectivity index (χ4v) is 3.54. The second kappa shape index (κ2) is 8.25. The second-order valence-corrected chi connectivity index (χ2v) is 6.98. The summed E-state index contributed by atoms with van der Waals surface area (Å²) in [6.45, 7) is 0.354. The summed E-state index contributed by atoms with van der Waals surface area (Å²) in [7, 11) is 1.90. The van der Waals surface area contributed by atoms with E-state index in [2.05, 4.69) is 4.98 Å². The molecule has 1 fully saturated rings. The number of fused-ring (bicyclic) bond motifs is 1. The van der Waals surface area contributed by atoms with Gasteiger partial charge in [-0.25, -0.2) is 0 Å². The van der Waals surface area contributed by atoms with Crippen LogP contribution in [0.2, 0.25) is 0 Å². The van der Waals surface area contributed by atoms with Gasteiger partial charge in [0.2, 0.25) is 11.5 Å². The van der Waals surface area contributed by atoms with Crippen molar-refractivity contribution >= 4 is 16.8 Å². The van der Waals surface area contributed by atoms with Crippen LogP contribution in [-0.2, 0) is 4.79 Å². The zero-order chi connectivity index (χ0) is 18.5. The number of hydrogen-bond acceptors (Lipinski definition) is 4. The van der Waals surface area contributed by atoms with E-state index in [0.717, 1.165) is 18.2 Å². The number of carbonyl (C=O) groups is 1. The van der Waals surface area contributed by atoms with Gasteiger partial charge in [-0.15, -0.1) is 0 Å². The molecular formula is C20H26N2O4. The van der Waals surface area contributed by atoms with Crippen molar-refractivity contribution in [3.8, 4) is 11.5 Å². The first-order valence-electron chi connectivity index (χ1n) is 9.29. The Morgan fingerprint density at radius 3 is 2.81 bits per heavy atom. The van der Waals surface area contributed by atoms with E-state index in [1.807, 2.05) is 11.9 Å². The van der Waals surface area contributed by atoms with Crippen LogP contribution < -0.4 is 10.3 Å². The molecular weight excluding hydrogens is 332 g/mol. The van der Waals surface area contributed by atoms with Gasteiger partial charge in [-0.2, -0.15) is 0 Å². The summed E-state index contributed by atoms with van der Waals surface area (Å²) in [4.78, 5) is 28.2. The normalized spacial score (nSPS) is 15.1. The molecule has 0 unspecified atom stereocenters. The van der Waals surface area contributed by atoms with Crippen molar-refractivity contribution in [2.45, 2.75) is 51.0 Å². The van der Waals surface area contributed by atoms with Crippen LogP contribution in [0.5, 0.6) is 11.5 Å². The molecule has 1 aliphatic carbocycles. The largest absolute Gasteiger partial charge is 0.504 e. The van der Waals surface area contributed by atoms with Gasteiger partial charge in [0.25, 0.3) is 0 Å². The maximum Gasteiger partial charge on any atom is 0.248 e. The number of phenolic OH excluding ortho intramolecular Hbond substituents is 1. The van der Waals surface area contributed by atoms with Crippen molar-refractivity contribution in [1.82, 2.24) is 9.88 Å². The minimum atomic E-state index is -0.217. The number of aromatic amines is 1. The Labute approximate surface area is 152 Å². The summed E-state index contributed by atoms with van der Waals surface area (Å²) in [5, 5.41) is 10.8. The Balaban J connectivity index is 1.50. The van der Waals surface area contributed by atoms with Crippen molar-refractivity contribution in [3.05, 3.63) is 34.6 Å². The number of hydrogen-bond donors (Lipinski definition) is 2. The number of amides is 1. The molecule has 0 spiro atoms. The van der Waals surface area contributed by atoms with Crippen molar-refractivity contribution in [2.24, 2.45) is 0 Å². The Morgan fingerprint density at radius 2 is 2.04 bits per heavy atom. The van der Waals surface area contributed by atoms with Crippen molar-refractivity contribution in [2.75, 3.05) is 13.7 Å². The molecule has 1 aliphatic rings. The molecule has 0 radical (unpaired) electrons. The highest BCUT2D eigenvalue weighted by atomic mass is 16.5. The van der Waals surface area contributed by atoms with Gasteiger partial charge in [-0.3, -0.25) is 9.59 Å². The van der Waals surface area contributed by atoms with E-state index >= 15 is 0 Å². The van der Waals surface area contributed by atoms with E-state index in [-0.39, 0.29) is 17.2 Å². The third kappa shape index (κ3) is 4.36. The second-order valence-electron chi connectivity index (χ2n) is 6.98. The predicted octanol–water partition coefficient (Wildman–Crippen LogP) is 3.18. The van der Waals surface area contributed by atoms with Crippen LogP contribution in [0.3, 0.4) is 0 Å². The average molecular weight is 358 g/mol. The first-order valence-corrected chi connectivity index (χ1v) is 9.29. The van der Waals surface area contributed by atoms with Gasteiger partial charge in [0.05, 0.1) is 12.1 Å². The van der Waals surface area contributed by atoms with Crippen LogP contribution in [0.15, 0.2) is 29.1 Å². The highest BCUT2D eigenvalue weighted by Crippen LogP contribution is 2.30. The Kier molecular flexibility index (Phi) is 5.81. The van der Waals surface area contributed by atoms with Gasteiger partial charge in [0.1, 0.15) is 0 Å².